The van der Waals surface area contributed by atoms with Crippen molar-refractivity contribution in [3.8, 4) is 0 Å². The highest BCUT2D eigenvalue weighted by Gasteiger charge is 2.43. The lowest BCUT2D eigenvalue weighted by atomic mass is 9.84. The summed E-state index contributed by atoms with van der Waals surface area (Å²) in [6.07, 6.45) is 1.84. The predicted octanol–water partition coefficient (Wildman–Crippen LogP) is 1.70. The van der Waals surface area contributed by atoms with Gasteiger partial charge in [-0.15, -0.1) is 0 Å². The average Bonchev–Trinajstić information content (AvgIpc) is 2.65. The molecule has 0 radical (unpaired) electrons. The van der Waals surface area contributed by atoms with Gasteiger partial charge in [-0.25, -0.2) is 9.59 Å². The van der Waals surface area contributed by atoms with Gasteiger partial charge in [0.05, 0.1) is 12.4 Å². The fourth-order valence-corrected chi connectivity index (χ4v) is 2.85. The van der Waals surface area contributed by atoms with Gasteiger partial charge < -0.3 is 14.2 Å². The van der Waals surface area contributed by atoms with Crippen LogP contribution >= 0.6 is 0 Å². The molecule has 0 saturated carbocycles. The summed E-state index contributed by atoms with van der Waals surface area (Å²) < 4.78 is 45.9. The van der Waals surface area contributed by atoms with E-state index in [1.807, 2.05) is 6.92 Å². The van der Waals surface area contributed by atoms with Gasteiger partial charge in [0.15, 0.2) is 0 Å². The second-order valence-electron chi connectivity index (χ2n) is 7.23. The first-order chi connectivity index (χ1) is 13.8. The Balaban J connectivity index is 0. The lowest BCUT2D eigenvalue weighted by Crippen LogP contribution is -2.43. The van der Waals surface area contributed by atoms with Crippen LogP contribution in [0, 0.1) is 5.41 Å². The molecule has 0 aromatic carbocycles. The molecule has 9 nitrogen and oxygen atoms in total. The summed E-state index contributed by atoms with van der Waals surface area (Å²) in [6.45, 7) is 11.0. The van der Waals surface area contributed by atoms with Crippen molar-refractivity contribution < 1.29 is 41.6 Å². The van der Waals surface area contributed by atoms with Crippen LogP contribution < -0.4 is 0 Å². The smallest absolute Gasteiger partial charge is 0.333 e. The number of unbranched alkanes of at least 4 members (excludes halogenated alkanes) is 2. The van der Waals surface area contributed by atoms with E-state index in [4.69, 9.17) is 18.8 Å². The third-order valence-corrected chi connectivity index (χ3v) is 4.93. The molecule has 0 fully saturated rings. The maximum Gasteiger partial charge on any atom is 0.333 e. The molecule has 0 atom stereocenters. The fraction of sp³-hybridized carbons (Fsp3) is 0.650. The van der Waals surface area contributed by atoms with Crippen molar-refractivity contribution in [3.05, 3.63) is 24.3 Å². The molecule has 1 N–H and O–H groups in total. The van der Waals surface area contributed by atoms with Crippen molar-refractivity contribution in [2.24, 2.45) is 5.41 Å². The third-order valence-electron chi connectivity index (χ3n) is 4.13. The standard InChI is InChI=1S/C20H32O9S.Mg.2H/c1-6-7-10-20(13-28-17(21)15(2)3,14-29-18(22)16(4)5)19(23)27-11-8-9-12-30(24,25)26;;;/h2,4,6-14H2,1,3,5H3,(H,24,25,26);;;. The van der Waals surface area contributed by atoms with Gasteiger partial charge in [-0.1, -0.05) is 32.9 Å². The predicted molar refractivity (Wildman–Crippen MR) is 119 cm³/mol. The lowest BCUT2D eigenvalue weighted by molar-refractivity contribution is -0.171. The van der Waals surface area contributed by atoms with E-state index in [-0.39, 0.29) is 73.3 Å². The van der Waals surface area contributed by atoms with E-state index in [0.717, 1.165) is 6.42 Å². The van der Waals surface area contributed by atoms with E-state index >= 15 is 0 Å². The second kappa shape index (κ2) is 15.4. The monoisotopic (exact) mass is 474 g/mol. The van der Waals surface area contributed by atoms with E-state index in [2.05, 4.69) is 13.2 Å². The molecule has 0 aromatic rings. The Morgan fingerprint density at radius 2 is 1.39 bits per heavy atom. The molecule has 0 saturated heterocycles. The van der Waals surface area contributed by atoms with Crippen LogP contribution in [0.4, 0.5) is 0 Å². The molecule has 0 aliphatic rings. The minimum Gasteiger partial charge on any atom is -0.465 e. The minimum atomic E-state index is -4.09. The number of hydrogen-bond donors (Lipinski definition) is 1. The molecule has 0 heterocycles. The van der Waals surface area contributed by atoms with Crippen LogP contribution in [0.2, 0.25) is 0 Å². The molecule has 0 aromatic heterocycles. The SMILES string of the molecule is C=C(C)C(=O)OCC(CCCC)(COC(=O)C(=C)C)C(=O)OCCCCS(=O)(=O)O.[MgH2]. The Labute approximate surface area is 200 Å². The molecule has 176 valence electrons. The van der Waals surface area contributed by atoms with Crippen molar-refractivity contribution in [3.63, 3.8) is 0 Å². The first kappa shape index (κ1) is 31.8. The van der Waals surface area contributed by atoms with Crippen LogP contribution in [0.25, 0.3) is 0 Å². The summed E-state index contributed by atoms with van der Waals surface area (Å²) in [5.41, 5.74) is -1.12. The zero-order valence-corrected chi connectivity index (χ0v) is 18.7. The summed E-state index contributed by atoms with van der Waals surface area (Å²) in [5, 5.41) is 0. The molecular weight excluding hydrogens is 441 g/mol. The molecule has 0 aliphatic heterocycles. The summed E-state index contributed by atoms with van der Waals surface area (Å²) in [4.78, 5) is 36.6. The zero-order valence-electron chi connectivity index (χ0n) is 17.9. The number of esters is 3. The number of carbonyl (C=O) groups excluding carboxylic acids is 3. The maximum atomic E-state index is 12.9. The van der Waals surface area contributed by atoms with Crippen LogP contribution in [-0.4, -0.2) is 79.5 Å². The third kappa shape index (κ3) is 13.6. The van der Waals surface area contributed by atoms with Gasteiger partial charge in [-0.2, -0.15) is 8.42 Å². The fourth-order valence-electron chi connectivity index (χ4n) is 2.28. The van der Waals surface area contributed by atoms with Gasteiger partial charge in [0.1, 0.15) is 18.6 Å². The topological polar surface area (TPSA) is 133 Å². The highest BCUT2D eigenvalue weighted by molar-refractivity contribution is 7.85. The maximum absolute atomic E-state index is 12.9. The molecular formula is C20H34MgO9S. The van der Waals surface area contributed by atoms with E-state index in [0.29, 0.717) is 6.42 Å². The van der Waals surface area contributed by atoms with Crippen molar-refractivity contribution in [1.82, 2.24) is 0 Å². The van der Waals surface area contributed by atoms with Crippen molar-refractivity contribution in [2.45, 2.75) is 52.9 Å². The van der Waals surface area contributed by atoms with Gasteiger partial charge in [-0.05, 0) is 33.1 Å². The quantitative estimate of drug-likeness (QED) is 0.0939. The van der Waals surface area contributed by atoms with Crippen LogP contribution in [0.3, 0.4) is 0 Å². The van der Waals surface area contributed by atoms with Crippen LogP contribution in [0.5, 0.6) is 0 Å². The first-order valence-corrected chi connectivity index (χ1v) is 11.2. The van der Waals surface area contributed by atoms with Gasteiger partial charge in [0.25, 0.3) is 10.1 Å². The van der Waals surface area contributed by atoms with E-state index in [9.17, 15) is 22.8 Å². The molecule has 0 rings (SSSR count). The summed E-state index contributed by atoms with van der Waals surface area (Å²) in [7, 11) is -4.09. The van der Waals surface area contributed by atoms with Crippen molar-refractivity contribution >= 4 is 51.1 Å². The number of rotatable bonds is 15. The normalized spacial score (nSPS) is 11.1. The highest BCUT2D eigenvalue weighted by Crippen LogP contribution is 2.29. The van der Waals surface area contributed by atoms with Crippen LogP contribution in [-0.2, 0) is 38.7 Å². The Morgan fingerprint density at radius 1 is 0.903 bits per heavy atom. The second-order valence-corrected chi connectivity index (χ2v) is 8.80. The van der Waals surface area contributed by atoms with Gasteiger partial charge in [0.2, 0.25) is 0 Å². The number of ether oxygens (including phenoxy) is 3. The van der Waals surface area contributed by atoms with Crippen molar-refractivity contribution in [1.29, 1.82) is 0 Å². The van der Waals surface area contributed by atoms with Gasteiger partial charge >= 0.3 is 41.0 Å². The van der Waals surface area contributed by atoms with Gasteiger partial charge in [-0.3, -0.25) is 9.35 Å². The van der Waals surface area contributed by atoms with E-state index in [1.54, 1.807) is 0 Å². The average molecular weight is 475 g/mol. The largest absolute Gasteiger partial charge is 0.465 e. The van der Waals surface area contributed by atoms with Crippen molar-refractivity contribution in [2.75, 3.05) is 25.6 Å². The Kier molecular flexibility index (Phi) is 15.8. The molecule has 0 unspecified atom stereocenters. The Bertz CT molecular complexity index is 714. The molecule has 31 heavy (non-hydrogen) atoms. The van der Waals surface area contributed by atoms with Gasteiger partial charge in [0, 0.05) is 11.1 Å². The van der Waals surface area contributed by atoms with Crippen LogP contribution in [0.1, 0.15) is 52.9 Å². The summed E-state index contributed by atoms with van der Waals surface area (Å²) in [6, 6.07) is 0. The number of hydrogen-bond acceptors (Lipinski definition) is 8. The Morgan fingerprint density at radius 3 is 1.77 bits per heavy atom. The van der Waals surface area contributed by atoms with E-state index in [1.165, 1.54) is 13.8 Å². The number of carbonyl (C=O) groups is 3. The van der Waals surface area contributed by atoms with E-state index < -0.39 is 39.2 Å². The summed E-state index contributed by atoms with van der Waals surface area (Å²) >= 11 is 0. The molecule has 0 amide bonds. The lowest BCUT2D eigenvalue weighted by Gasteiger charge is -2.30. The minimum absolute atomic E-state index is 0. The first-order valence-electron chi connectivity index (χ1n) is 9.62. The summed E-state index contributed by atoms with van der Waals surface area (Å²) in [5.74, 6) is -2.56. The zero-order chi connectivity index (χ0) is 23.4. The Hall–Kier alpha value is -1.43. The highest BCUT2D eigenvalue weighted by atomic mass is 32.2. The molecule has 0 spiro atoms. The van der Waals surface area contributed by atoms with Crippen LogP contribution in [0.15, 0.2) is 24.3 Å². The molecule has 0 bridgehead atoms. The molecule has 0 aliphatic carbocycles. The molecule has 11 heteroatoms.